The Kier molecular flexibility index (Phi) is 8.04. The lowest BCUT2D eigenvalue weighted by Crippen LogP contribution is -2.10. The number of aliphatic carboxylic acids is 1. The molecular weight excluding hydrogens is 256 g/mol. The third-order valence-corrected chi connectivity index (χ3v) is 3.88. The van der Waals surface area contributed by atoms with Crippen molar-refractivity contribution >= 4 is 5.97 Å². The van der Waals surface area contributed by atoms with Gasteiger partial charge in [0.05, 0.1) is 7.11 Å². The fraction of sp³-hybridized carbons (Fsp3) is 0.688. The Labute approximate surface area is 121 Å². The molecule has 4 nitrogen and oxygen atoms in total. The van der Waals surface area contributed by atoms with Gasteiger partial charge >= 0.3 is 5.97 Å². The monoisotopic (exact) mass is 282 g/mol. The number of rotatable bonds is 8. The summed E-state index contributed by atoms with van der Waals surface area (Å²) in [6, 6.07) is 0. The second-order valence-corrected chi connectivity index (χ2v) is 5.30. The summed E-state index contributed by atoms with van der Waals surface area (Å²) in [7, 11) is 1.38. The van der Waals surface area contributed by atoms with Crippen LogP contribution in [0.3, 0.4) is 0 Å². The number of carboxylic acid groups (broad SMARTS) is 1. The minimum absolute atomic E-state index is 0.0119. The summed E-state index contributed by atoms with van der Waals surface area (Å²) >= 11 is 0. The maximum atomic E-state index is 10.9. The predicted octanol–water partition coefficient (Wildman–Crippen LogP) is 3.27. The van der Waals surface area contributed by atoms with E-state index in [4.69, 9.17) is 14.9 Å². The van der Waals surface area contributed by atoms with Gasteiger partial charge < -0.3 is 14.9 Å². The van der Waals surface area contributed by atoms with Crippen LogP contribution >= 0.6 is 0 Å². The van der Waals surface area contributed by atoms with Gasteiger partial charge in [-0.15, -0.1) is 0 Å². The highest BCUT2D eigenvalue weighted by Gasteiger charge is 2.18. The molecule has 1 fully saturated rings. The Morgan fingerprint density at radius 1 is 1.35 bits per heavy atom. The summed E-state index contributed by atoms with van der Waals surface area (Å²) in [5.74, 6) is -0.479. The zero-order valence-corrected chi connectivity index (χ0v) is 12.3. The molecule has 0 aromatic heterocycles. The van der Waals surface area contributed by atoms with Crippen LogP contribution in [0, 0.1) is 5.92 Å². The van der Waals surface area contributed by atoms with Gasteiger partial charge in [-0.2, -0.15) is 0 Å². The number of unbranched alkanes of at least 4 members (excludes halogenated alkanes) is 2. The van der Waals surface area contributed by atoms with Gasteiger partial charge in [-0.25, -0.2) is 4.79 Å². The number of methoxy groups -OCH3 is 1. The molecule has 114 valence electrons. The van der Waals surface area contributed by atoms with Gasteiger partial charge in [0.25, 0.3) is 0 Å². The third-order valence-electron chi connectivity index (χ3n) is 3.88. The second-order valence-electron chi connectivity index (χ2n) is 5.30. The van der Waals surface area contributed by atoms with Crippen molar-refractivity contribution in [3.63, 3.8) is 0 Å². The molecule has 0 bridgehead atoms. The predicted molar refractivity (Wildman–Crippen MR) is 78.3 cm³/mol. The zero-order chi connectivity index (χ0) is 14.8. The molecule has 0 aromatic carbocycles. The molecule has 0 spiro atoms. The van der Waals surface area contributed by atoms with Crippen LogP contribution in [0.4, 0.5) is 0 Å². The molecule has 0 aliphatic heterocycles. The summed E-state index contributed by atoms with van der Waals surface area (Å²) in [5.41, 5.74) is 1.34. The van der Waals surface area contributed by atoms with E-state index in [2.05, 4.69) is 0 Å². The first-order valence-electron chi connectivity index (χ1n) is 7.48. The van der Waals surface area contributed by atoms with E-state index in [-0.39, 0.29) is 12.4 Å². The molecule has 20 heavy (non-hydrogen) atoms. The van der Waals surface area contributed by atoms with E-state index < -0.39 is 5.97 Å². The van der Waals surface area contributed by atoms with Crippen LogP contribution in [-0.2, 0) is 9.53 Å². The van der Waals surface area contributed by atoms with Gasteiger partial charge in [-0.05, 0) is 44.1 Å². The molecular formula is C16H26O4. The number of hydrogen-bond donors (Lipinski definition) is 2. The maximum absolute atomic E-state index is 10.9. The van der Waals surface area contributed by atoms with E-state index >= 15 is 0 Å². The highest BCUT2D eigenvalue weighted by atomic mass is 16.5. The summed E-state index contributed by atoms with van der Waals surface area (Å²) in [4.78, 5) is 10.9. The maximum Gasteiger partial charge on any atom is 0.371 e. The number of carbonyl (C=O) groups is 1. The zero-order valence-electron chi connectivity index (χ0n) is 12.3. The lowest BCUT2D eigenvalue weighted by atomic mass is 9.81. The largest absolute Gasteiger partial charge is 0.490 e. The summed E-state index contributed by atoms with van der Waals surface area (Å²) < 4.78 is 4.84. The number of ether oxygens (including phenoxy) is 1. The van der Waals surface area contributed by atoms with Crippen LogP contribution in [0.1, 0.15) is 51.4 Å². The Bertz CT molecular complexity index is 357. The quantitative estimate of drug-likeness (QED) is 0.407. The van der Waals surface area contributed by atoms with E-state index in [1.54, 1.807) is 6.08 Å². The topological polar surface area (TPSA) is 66.8 Å². The lowest BCUT2D eigenvalue weighted by molar-refractivity contribution is -0.136. The van der Waals surface area contributed by atoms with Crippen molar-refractivity contribution in [2.45, 2.75) is 51.4 Å². The molecule has 2 N–H and O–H groups in total. The van der Waals surface area contributed by atoms with Gasteiger partial charge in [0.1, 0.15) is 0 Å². The van der Waals surface area contributed by atoms with Gasteiger partial charge in [0.15, 0.2) is 0 Å². The Morgan fingerprint density at radius 2 is 2.15 bits per heavy atom. The smallest absolute Gasteiger partial charge is 0.371 e. The van der Waals surface area contributed by atoms with E-state index in [9.17, 15) is 4.79 Å². The van der Waals surface area contributed by atoms with Crippen molar-refractivity contribution in [1.82, 2.24) is 0 Å². The summed E-state index contributed by atoms with van der Waals surface area (Å²) in [6.07, 6.45) is 12.4. The first kappa shape index (κ1) is 16.8. The molecule has 1 aliphatic carbocycles. The first-order chi connectivity index (χ1) is 9.69. The van der Waals surface area contributed by atoms with Crippen LogP contribution < -0.4 is 0 Å². The number of aliphatic hydroxyl groups is 1. The third kappa shape index (κ3) is 5.78. The van der Waals surface area contributed by atoms with Crippen molar-refractivity contribution in [3.8, 4) is 0 Å². The standard InChI is InChI=1S/C16H26O4/c1-20-15(16(18)19)11-10-14-9-5-4-8-13(14)7-3-2-6-12-17/h10-11,13,17H,2-9,12H2,1H3,(H,18,19)/b14-10?,15-11-. The Morgan fingerprint density at radius 3 is 2.80 bits per heavy atom. The Hall–Kier alpha value is -1.29. The number of aliphatic hydroxyl groups excluding tert-OH is 1. The molecule has 1 unspecified atom stereocenters. The average molecular weight is 282 g/mol. The molecule has 0 radical (unpaired) electrons. The fourth-order valence-corrected chi connectivity index (χ4v) is 2.75. The van der Waals surface area contributed by atoms with Crippen LogP contribution in [0.25, 0.3) is 0 Å². The molecule has 1 atom stereocenters. The van der Waals surface area contributed by atoms with E-state index in [0.29, 0.717) is 5.92 Å². The minimum atomic E-state index is -1.03. The van der Waals surface area contributed by atoms with Gasteiger partial charge in [-0.1, -0.05) is 30.9 Å². The number of allylic oxidation sites excluding steroid dienone is 3. The lowest BCUT2D eigenvalue weighted by Gasteiger charge is -2.25. The SMILES string of the molecule is CO/C(=C\C=C1CCCCC1CCCCCO)C(=O)O. The second kappa shape index (κ2) is 9.59. The van der Waals surface area contributed by atoms with Gasteiger partial charge in [0.2, 0.25) is 5.76 Å². The minimum Gasteiger partial charge on any atom is -0.490 e. The van der Waals surface area contributed by atoms with Crippen molar-refractivity contribution in [1.29, 1.82) is 0 Å². The van der Waals surface area contributed by atoms with Gasteiger partial charge in [0, 0.05) is 6.61 Å². The molecule has 1 aliphatic rings. The highest BCUT2D eigenvalue weighted by molar-refractivity contribution is 5.84. The van der Waals surface area contributed by atoms with Gasteiger partial charge in [-0.3, -0.25) is 0 Å². The van der Waals surface area contributed by atoms with Crippen molar-refractivity contribution in [3.05, 3.63) is 23.5 Å². The average Bonchev–Trinajstić information content (AvgIpc) is 2.45. The normalized spacial score (nSPS) is 22.0. The number of carboxylic acids is 1. The van der Waals surface area contributed by atoms with Crippen molar-refractivity contribution in [2.24, 2.45) is 5.92 Å². The Balaban J connectivity index is 2.60. The molecule has 0 saturated heterocycles. The van der Waals surface area contributed by atoms with E-state index in [1.165, 1.54) is 31.9 Å². The first-order valence-corrected chi connectivity index (χ1v) is 7.48. The summed E-state index contributed by atoms with van der Waals surface area (Å²) in [6.45, 7) is 0.270. The fourth-order valence-electron chi connectivity index (χ4n) is 2.75. The van der Waals surface area contributed by atoms with Crippen molar-refractivity contribution < 1.29 is 19.7 Å². The molecule has 0 amide bonds. The molecule has 0 aromatic rings. The molecule has 1 rings (SSSR count). The van der Waals surface area contributed by atoms with Crippen LogP contribution in [0.5, 0.6) is 0 Å². The summed E-state index contributed by atoms with van der Waals surface area (Å²) in [5, 5.41) is 17.7. The molecule has 1 saturated carbocycles. The van der Waals surface area contributed by atoms with Crippen LogP contribution in [0.2, 0.25) is 0 Å². The van der Waals surface area contributed by atoms with E-state index in [0.717, 1.165) is 32.1 Å². The number of hydrogen-bond acceptors (Lipinski definition) is 3. The molecule has 0 heterocycles. The van der Waals surface area contributed by atoms with Crippen molar-refractivity contribution in [2.75, 3.05) is 13.7 Å². The van der Waals surface area contributed by atoms with E-state index in [1.807, 2.05) is 6.08 Å². The van der Waals surface area contributed by atoms with Crippen LogP contribution in [0.15, 0.2) is 23.5 Å². The van der Waals surface area contributed by atoms with Crippen LogP contribution in [-0.4, -0.2) is 29.9 Å². The molecule has 4 heteroatoms. The highest BCUT2D eigenvalue weighted by Crippen LogP contribution is 2.33.